The Morgan fingerprint density at radius 2 is 2.00 bits per heavy atom. The molecule has 0 fully saturated rings. The summed E-state index contributed by atoms with van der Waals surface area (Å²) in [5.74, 6) is 0.271. The molecule has 5 nitrogen and oxygen atoms in total. The zero-order chi connectivity index (χ0) is 18.7. The number of amides is 1. The van der Waals surface area contributed by atoms with Gasteiger partial charge in [0.05, 0.1) is 11.4 Å². The maximum absolute atomic E-state index is 12.3. The first-order valence-corrected chi connectivity index (χ1v) is 9.52. The third-order valence-electron chi connectivity index (χ3n) is 3.39. The molecule has 2 aromatic rings. The number of benzene rings is 1. The van der Waals surface area contributed by atoms with E-state index in [1.807, 2.05) is 28.8 Å². The topological polar surface area (TPSA) is 59.8 Å². The van der Waals surface area contributed by atoms with Crippen molar-refractivity contribution in [3.8, 4) is 5.69 Å². The summed E-state index contributed by atoms with van der Waals surface area (Å²) in [5, 5.41) is 12.5. The van der Waals surface area contributed by atoms with Crippen LogP contribution in [-0.2, 0) is 4.79 Å². The number of nitrogens with one attached hydrogen (secondary N) is 1. The van der Waals surface area contributed by atoms with Gasteiger partial charge in [-0.2, -0.15) is 0 Å². The summed E-state index contributed by atoms with van der Waals surface area (Å²) < 4.78 is 1.82. The number of hydrogen-bond acceptors (Lipinski definition) is 4. The van der Waals surface area contributed by atoms with E-state index in [4.69, 9.17) is 11.6 Å². The van der Waals surface area contributed by atoms with Crippen LogP contribution >= 0.6 is 23.4 Å². The average Bonchev–Trinajstić information content (AvgIpc) is 2.90. The van der Waals surface area contributed by atoms with Crippen molar-refractivity contribution in [2.24, 2.45) is 5.41 Å². The lowest BCUT2D eigenvalue weighted by molar-refractivity contribution is -0.120. The molecule has 0 saturated carbocycles. The molecule has 7 heteroatoms. The fourth-order valence-corrected chi connectivity index (χ4v) is 3.95. The van der Waals surface area contributed by atoms with Crippen molar-refractivity contribution in [1.82, 2.24) is 20.1 Å². The highest BCUT2D eigenvalue weighted by molar-refractivity contribution is 7.99. The first-order valence-electron chi connectivity index (χ1n) is 8.16. The van der Waals surface area contributed by atoms with Gasteiger partial charge in [0.15, 0.2) is 5.16 Å². The molecule has 0 bridgehead atoms. The van der Waals surface area contributed by atoms with E-state index in [9.17, 15) is 4.79 Å². The van der Waals surface area contributed by atoms with Gasteiger partial charge in [-0.15, -0.1) is 10.2 Å². The van der Waals surface area contributed by atoms with Crippen LogP contribution in [0.4, 0.5) is 0 Å². The van der Waals surface area contributed by atoms with Crippen molar-refractivity contribution in [1.29, 1.82) is 0 Å². The molecule has 0 aliphatic carbocycles. The summed E-state index contributed by atoms with van der Waals surface area (Å²) in [6, 6.07) is 7.44. The van der Waals surface area contributed by atoms with Gasteiger partial charge in [-0.3, -0.25) is 9.36 Å². The van der Waals surface area contributed by atoms with Crippen LogP contribution < -0.4 is 5.32 Å². The van der Waals surface area contributed by atoms with E-state index in [1.54, 1.807) is 6.33 Å². The van der Waals surface area contributed by atoms with Crippen LogP contribution in [0.1, 0.15) is 41.0 Å². The predicted molar refractivity (Wildman–Crippen MR) is 103 cm³/mol. The zero-order valence-corrected chi connectivity index (χ0v) is 16.9. The van der Waals surface area contributed by atoms with Crippen molar-refractivity contribution in [2.45, 2.75) is 51.7 Å². The standard InChI is InChI=1S/C18H25ClN4OS/c1-17(2,3)11-18(4,5)21-15(24)10-25-16-22-20-12-23(16)14-8-6-7-13(19)9-14/h6-9,12H,10-11H2,1-5H3,(H,21,24). The number of carbonyl (C=O) groups is 1. The molecule has 0 spiro atoms. The molecule has 0 radical (unpaired) electrons. The molecule has 0 saturated heterocycles. The van der Waals surface area contributed by atoms with Crippen molar-refractivity contribution in [2.75, 3.05) is 5.75 Å². The highest BCUT2D eigenvalue weighted by Gasteiger charge is 2.27. The summed E-state index contributed by atoms with van der Waals surface area (Å²) in [7, 11) is 0. The van der Waals surface area contributed by atoms with Crippen LogP contribution in [-0.4, -0.2) is 32.0 Å². The van der Waals surface area contributed by atoms with Crippen LogP contribution in [0.3, 0.4) is 0 Å². The Morgan fingerprint density at radius 1 is 1.28 bits per heavy atom. The summed E-state index contributed by atoms with van der Waals surface area (Å²) in [4.78, 5) is 12.3. The van der Waals surface area contributed by atoms with Gasteiger partial charge in [-0.25, -0.2) is 0 Å². The van der Waals surface area contributed by atoms with E-state index in [0.717, 1.165) is 12.1 Å². The second-order valence-electron chi connectivity index (χ2n) is 7.92. The number of carbonyl (C=O) groups excluding carboxylic acids is 1. The molecule has 1 aromatic carbocycles. The van der Waals surface area contributed by atoms with E-state index in [1.165, 1.54) is 11.8 Å². The Hall–Kier alpha value is -1.53. The minimum atomic E-state index is -0.253. The lowest BCUT2D eigenvalue weighted by Gasteiger charge is -2.33. The van der Waals surface area contributed by atoms with E-state index in [2.05, 4.69) is 50.1 Å². The van der Waals surface area contributed by atoms with E-state index < -0.39 is 0 Å². The van der Waals surface area contributed by atoms with E-state index in [0.29, 0.717) is 10.2 Å². The van der Waals surface area contributed by atoms with Crippen molar-refractivity contribution >= 4 is 29.3 Å². The molecule has 1 aromatic heterocycles. The SMILES string of the molecule is CC(C)(C)CC(C)(C)NC(=O)CSc1nncn1-c1cccc(Cl)c1. The minimum Gasteiger partial charge on any atom is -0.350 e. The lowest BCUT2D eigenvalue weighted by atomic mass is 9.82. The highest BCUT2D eigenvalue weighted by atomic mass is 35.5. The number of thioether (sulfide) groups is 1. The summed E-state index contributed by atoms with van der Waals surface area (Å²) in [6.45, 7) is 10.6. The Balaban J connectivity index is 1.98. The summed E-state index contributed by atoms with van der Waals surface area (Å²) in [5.41, 5.74) is 0.765. The first-order chi connectivity index (χ1) is 11.6. The van der Waals surface area contributed by atoms with Crippen LogP contribution in [0, 0.1) is 5.41 Å². The quantitative estimate of drug-likeness (QED) is 0.757. The predicted octanol–water partition coefficient (Wildman–Crippen LogP) is 4.34. The molecule has 0 unspecified atom stereocenters. The largest absolute Gasteiger partial charge is 0.350 e. The number of aromatic nitrogens is 3. The van der Waals surface area contributed by atoms with Gasteiger partial charge >= 0.3 is 0 Å². The third-order valence-corrected chi connectivity index (χ3v) is 4.56. The Bertz CT molecular complexity index is 737. The van der Waals surface area contributed by atoms with Gasteiger partial charge in [0.2, 0.25) is 5.91 Å². The molecule has 0 aliphatic rings. The summed E-state index contributed by atoms with van der Waals surface area (Å²) >= 11 is 7.40. The summed E-state index contributed by atoms with van der Waals surface area (Å²) in [6.07, 6.45) is 2.52. The van der Waals surface area contributed by atoms with E-state index >= 15 is 0 Å². The van der Waals surface area contributed by atoms with Gasteiger partial charge in [-0.05, 0) is 43.9 Å². The normalized spacial score (nSPS) is 12.2. The Morgan fingerprint density at radius 3 is 2.64 bits per heavy atom. The molecule has 1 N–H and O–H groups in total. The van der Waals surface area contributed by atoms with E-state index in [-0.39, 0.29) is 22.6 Å². The maximum Gasteiger partial charge on any atom is 0.230 e. The lowest BCUT2D eigenvalue weighted by Crippen LogP contribution is -2.46. The van der Waals surface area contributed by atoms with Crippen molar-refractivity contribution < 1.29 is 4.79 Å². The second kappa shape index (κ2) is 7.79. The molecule has 136 valence electrons. The fourth-order valence-electron chi connectivity index (χ4n) is 3.04. The molecule has 1 amide bonds. The van der Waals surface area contributed by atoms with Gasteiger partial charge in [-0.1, -0.05) is 50.2 Å². The molecule has 0 aliphatic heterocycles. The molecule has 2 rings (SSSR count). The average molecular weight is 381 g/mol. The smallest absolute Gasteiger partial charge is 0.230 e. The molecule has 1 heterocycles. The third kappa shape index (κ3) is 6.36. The van der Waals surface area contributed by atoms with Crippen LogP contribution in [0.5, 0.6) is 0 Å². The maximum atomic E-state index is 12.3. The number of halogens is 1. The number of rotatable bonds is 6. The van der Waals surface area contributed by atoms with Gasteiger partial charge in [0, 0.05) is 10.6 Å². The van der Waals surface area contributed by atoms with Gasteiger partial charge < -0.3 is 5.32 Å². The molecule has 25 heavy (non-hydrogen) atoms. The van der Waals surface area contributed by atoms with Crippen LogP contribution in [0.2, 0.25) is 5.02 Å². The minimum absolute atomic E-state index is 0.0140. The van der Waals surface area contributed by atoms with Gasteiger partial charge in [0.1, 0.15) is 6.33 Å². The molecular formula is C18H25ClN4OS. The molecular weight excluding hydrogens is 356 g/mol. The number of hydrogen-bond donors (Lipinski definition) is 1. The fraction of sp³-hybridized carbons (Fsp3) is 0.500. The molecule has 0 atom stereocenters. The van der Waals surface area contributed by atoms with Gasteiger partial charge in [0.25, 0.3) is 0 Å². The van der Waals surface area contributed by atoms with Crippen molar-refractivity contribution in [3.63, 3.8) is 0 Å². The second-order valence-corrected chi connectivity index (χ2v) is 9.30. The highest BCUT2D eigenvalue weighted by Crippen LogP contribution is 2.27. The monoisotopic (exact) mass is 380 g/mol. The Kier molecular flexibility index (Phi) is 6.16. The van der Waals surface area contributed by atoms with Crippen LogP contribution in [0.15, 0.2) is 35.7 Å². The Labute approximate surface area is 158 Å². The number of nitrogens with zero attached hydrogens (tertiary/aromatic N) is 3. The first kappa shape index (κ1) is 19.8. The van der Waals surface area contributed by atoms with Crippen molar-refractivity contribution in [3.05, 3.63) is 35.6 Å². The van der Waals surface area contributed by atoms with Crippen LogP contribution in [0.25, 0.3) is 5.69 Å². The zero-order valence-electron chi connectivity index (χ0n) is 15.3.